The largest absolute Gasteiger partial charge is 0.338 e. The second-order valence-corrected chi connectivity index (χ2v) is 7.37. The lowest BCUT2D eigenvalue weighted by molar-refractivity contribution is 0.338. The van der Waals surface area contributed by atoms with Gasteiger partial charge in [-0.2, -0.15) is 4.98 Å². The molecule has 0 aromatic carbocycles. The lowest BCUT2D eigenvalue weighted by Crippen LogP contribution is -2.22. The molecule has 2 aliphatic rings. The zero-order chi connectivity index (χ0) is 12.6. The van der Waals surface area contributed by atoms with Crippen molar-refractivity contribution >= 4 is 9.84 Å². The van der Waals surface area contributed by atoms with Crippen LogP contribution in [0.1, 0.15) is 49.4 Å². The van der Waals surface area contributed by atoms with Gasteiger partial charge in [0.15, 0.2) is 5.82 Å². The molecule has 3 heterocycles. The van der Waals surface area contributed by atoms with Gasteiger partial charge < -0.3 is 9.84 Å². The summed E-state index contributed by atoms with van der Waals surface area (Å²) >= 11 is 0. The van der Waals surface area contributed by atoms with Crippen molar-refractivity contribution in [2.24, 2.45) is 0 Å². The van der Waals surface area contributed by atoms with Crippen LogP contribution in [0.2, 0.25) is 0 Å². The molecule has 0 spiro atoms. The number of nitrogens with one attached hydrogen (secondary N) is 1. The Morgan fingerprint density at radius 3 is 2.67 bits per heavy atom. The van der Waals surface area contributed by atoms with Gasteiger partial charge in [0.2, 0.25) is 5.89 Å². The summed E-state index contributed by atoms with van der Waals surface area (Å²) in [6.07, 6.45) is 3.38. The van der Waals surface area contributed by atoms with Crippen LogP contribution in [0.4, 0.5) is 0 Å². The van der Waals surface area contributed by atoms with Crippen LogP contribution in [-0.4, -0.2) is 36.6 Å². The van der Waals surface area contributed by atoms with Crippen LogP contribution in [0.15, 0.2) is 4.52 Å². The fourth-order valence-electron chi connectivity index (χ4n) is 2.60. The van der Waals surface area contributed by atoms with Gasteiger partial charge in [-0.1, -0.05) is 5.16 Å². The molecule has 2 saturated heterocycles. The van der Waals surface area contributed by atoms with Gasteiger partial charge in [0.05, 0.1) is 17.5 Å². The van der Waals surface area contributed by atoms with Crippen LogP contribution in [-0.2, 0) is 9.84 Å². The molecule has 6 nitrogen and oxygen atoms in total. The van der Waals surface area contributed by atoms with Gasteiger partial charge in [-0.05, 0) is 32.2 Å². The zero-order valence-electron chi connectivity index (χ0n) is 10.1. The van der Waals surface area contributed by atoms with E-state index in [2.05, 4.69) is 15.5 Å². The van der Waals surface area contributed by atoms with Crippen molar-refractivity contribution in [2.45, 2.75) is 37.6 Å². The minimum absolute atomic E-state index is 0.132. The van der Waals surface area contributed by atoms with E-state index >= 15 is 0 Å². The normalized spacial score (nSPS) is 28.6. The molecule has 1 N–H and O–H groups in total. The Labute approximate surface area is 106 Å². The molecule has 1 atom stereocenters. The number of aromatic nitrogens is 2. The Morgan fingerprint density at radius 1 is 1.22 bits per heavy atom. The third kappa shape index (κ3) is 2.42. The van der Waals surface area contributed by atoms with Crippen LogP contribution in [0, 0.1) is 0 Å². The zero-order valence-corrected chi connectivity index (χ0v) is 10.9. The van der Waals surface area contributed by atoms with Gasteiger partial charge in [-0.25, -0.2) is 8.42 Å². The second-order valence-electron chi connectivity index (χ2n) is 5.07. The van der Waals surface area contributed by atoms with E-state index in [0.29, 0.717) is 24.6 Å². The smallest absolute Gasteiger partial charge is 0.243 e. The molecule has 0 bridgehead atoms. The van der Waals surface area contributed by atoms with Gasteiger partial charge in [-0.3, -0.25) is 0 Å². The van der Waals surface area contributed by atoms with Crippen molar-refractivity contribution in [3.8, 4) is 0 Å². The first-order valence-electron chi connectivity index (χ1n) is 6.41. The van der Waals surface area contributed by atoms with Crippen molar-refractivity contribution in [1.82, 2.24) is 15.5 Å². The summed E-state index contributed by atoms with van der Waals surface area (Å²) in [5.41, 5.74) is 0. The Balaban J connectivity index is 1.70. The highest BCUT2D eigenvalue weighted by atomic mass is 32.2. The van der Waals surface area contributed by atoms with Gasteiger partial charge in [-0.15, -0.1) is 0 Å². The first-order chi connectivity index (χ1) is 8.64. The maximum atomic E-state index is 11.4. The summed E-state index contributed by atoms with van der Waals surface area (Å²) in [4.78, 5) is 4.43. The van der Waals surface area contributed by atoms with Crippen molar-refractivity contribution in [2.75, 3.05) is 18.1 Å². The Morgan fingerprint density at radius 2 is 2.00 bits per heavy atom. The van der Waals surface area contributed by atoms with E-state index in [9.17, 15) is 8.42 Å². The van der Waals surface area contributed by atoms with Gasteiger partial charge in [0.1, 0.15) is 9.84 Å². The highest BCUT2D eigenvalue weighted by Crippen LogP contribution is 2.29. The Hall–Kier alpha value is -0.950. The molecular weight excluding hydrogens is 254 g/mol. The quantitative estimate of drug-likeness (QED) is 0.856. The maximum absolute atomic E-state index is 11.4. The van der Waals surface area contributed by atoms with Crippen LogP contribution in [0.5, 0.6) is 0 Å². The molecule has 0 saturated carbocycles. The molecule has 1 aromatic heterocycles. The molecule has 0 amide bonds. The van der Waals surface area contributed by atoms with Crippen molar-refractivity contribution in [3.05, 3.63) is 11.7 Å². The molecule has 1 unspecified atom stereocenters. The predicted octanol–water partition coefficient (Wildman–Crippen LogP) is 0.786. The SMILES string of the molecule is O=S1(=O)CCC(c2noc(C3CCCN3)n2)CC1. The molecule has 18 heavy (non-hydrogen) atoms. The van der Waals surface area contributed by atoms with Crippen LogP contribution in [0.3, 0.4) is 0 Å². The average molecular weight is 271 g/mol. The topological polar surface area (TPSA) is 85.1 Å². The molecule has 2 aliphatic heterocycles. The molecule has 1 aromatic rings. The molecule has 100 valence electrons. The number of hydrogen-bond donors (Lipinski definition) is 1. The molecular formula is C11H17N3O3S. The summed E-state index contributed by atoms with van der Waals surface area (Å²) in [6.45, 7) is 0.990. The van der Waals surface area contributed by atoms with E-state index in [1.165, 1.54) is 0 Å². The third-order valence-corrected chi connectivity index (χ3v) is 5.45. The highest BCUT2D eigenvalue weighted by Gasteiger charge is 2.29. The molecule has 7 heteroatoms. The van der Waals surface area contributed by atoms with Crippen LogP contribution in [0.25, 0.3) is 0 Å². The summed E-state index contributed by atoms with van der Waals surface area (Å²) in [6, 6.07) is 0.179. The molecule has 0 radical (unpaired) electrons. The van der Waals surface area contributed by atoms with Gasteiger partial charge >= 0.3 is 0 Å². The van der Waals surface area contributed by atoms with Crippen molar-refractivity contribution < 1.29 is 12.9 Å². The number of nitrogens with zero attached hydrogens (tertiary/aromatic N) is 2. The monoisotopic (exact) mass is 271 g/mol. The highest BCUT2D eigenvalue weighted by molar-refractivity contribution is 7.91. The molecule has 0 aliphatic carbocycles. The van der Waals surface area contributed by atoms with E-state index in [-0.39, 0.29) is 23.5 Å². The van der Waals surface area contributed by atoms with Crippen LogP contribution < -0.4 is 5.32 Å². The van der Waals surface area contributed by atoms with Crippen LogP contribution >= 0.6 is 0 Å². The Bertz CT molecular complexity index is 505. The van der Waals surface area contributed by atoms with E-state index in [0.717, 1.165) is 19.4 Å². The summed E-state index contributed by atoms with van der Waals surface area (Å²) in [5, 5.41) is 7.32. The summed E-state index contributed by atoms with van der Waals surface area (Å²) < 4.78 is 28.0. The third-order valence-electron chi connectivity index (χ3n) is 3.74. The second kappa shape index (κ2) is 4.62. The number of sulfone groups is 1. The van der Waals surface area contributed by atoms with E-state index in [1.54, 1.807) is 0 Å². The fraction of sp³-hybridized carbons (Fsp3) is 0.818. The lowest BCUT2D eigenvalue weighted by Gasteiger charge is -2.18. The van der Waals surface area contributed by atoms with E-state index < -0.39 is 9.84 Å². The number of rotatable bonds is 2. The lowest BCUT2D eigenvalue weighted by atomic mass is 10.0. The average Bonchev–Trinajstić information content (AvgIpc) is 2.99. The van der Waals surface area contributed by atoms with Gasteiger partial charge in [0.25, 0.3) is 0 Å². The molecule has 2 fully saturated rings. The van der Waals surface area contributed by atoms with Crippen molar-refractivity contribution in [1.29, 1.82) is 0 Å². The minimum Gasteiger partial charge on any atom is -0.338 e. The minimum atomic E-state index is -2.83. The van der Waals surface area contributed by atoms with Crippen molar-refractivity contribution in [3.63, 3.8) is 0 Å². The first-order valence-corrected chi connectivity index (χ1v) is 8.23. The summed E-state index contributed by atoms with van der Waals surface area (Å²) in [7, 11) is -2.83. The van der Waals surface area contributed by atoms with E-state index in [4.69, 9.17) is 4.52 Å². The fourth-order valence-corrected chi connectivity index (χ4v) is 4.09. The Kier molecular flexibility index (Phi) is 3.11. The maximum Gasteiger partial charge on any atom is 0.243 e. The first kappa shape index (κ1) is 12.1. The molecule has 3 rings (SSSR count). The van der Waals surface area contributed by atoms with E-state index in [1.807, 2.05) is 0 Å². The predicted molar refractivity (Wildman–Crippen MR) is 64.9 cm³/mol. The number of hydrogen-bond acceptors (Lipinski definition) is 6. The summed E-state index contributed by atoms with van der Waals surface area (Å²) in [5.74, 6) is 1.93. The standard InChI is InChI=1S/C11H17N3O3S/c15-18(16)6-3-8(4-7-18)10-13-11(17-14-10)9-2-1-5-12-9/h8-9,12H,1-7H2. The van der Waals surface area contributed by atoms with Gasteiger partial charge in [0, 0.05) is 5.92 Å².